The second-order valence-electron chi connectivity index (χ2n) is 3.68. The second-order valence-corrected chi connectivity index (χ2v) is 3.68. The van der Waals surface area contributed by atoms with E-state index in [1.165, 1.54) is 16.8 Å². The molecule has 1 aliphatic heterocycles. The predicted octanol–water partition coefficient (Wildman–Crippen LogP) is -0.506. The minimum absolute atomic E-state index is 0.0607. The predicted molar refractivity (Wildman–Crippen MR) is 53.1 cm³/mol. The van der Waals surface area contributed by atoms with E-state index in [1.807, 2.05) is 6.92 Å². The van der Waals surface area contributed by atoms with Crippen LogP contribution in [0.15, 0.2) is 17.1 Å². The van der Waals surface area contributed by atoms with Gasteiger partial charge in [0.15, 0.2) is 6.23 Å². The molecule has 0 spiro atoms. The summed E-state index contributed by atoms with van der Waals surface area (Å²) in [6, 6.07) is 1.50. The van der Waals surface area contributed by atoms with Crippen LogP contribution in [0.4, 0.5) is 5.82 Å². The van der Waals surface area contributed by atoms with Gasteiger partial charge in [0, 0.05) is 12.6 Å². The number of nitrogen functional groups attached to an aromatic ring is 1. The molecule has 0 amide bonds. The molecular formula is C9H13N3O3. The Hall–Kier alpha value is -1.40. The molecule has 3 unspecified atom stereocenters. The zero-order chi connectivity index (χ0) is 11.0. The molecule has 3 N–H and O–H groups in total. The van der Waals surface area contributed by atoms with E-state index in [-0.39, 0.29) is 11.9 Å². The Balaban J connectivity index is 2.34. The third-order valence-corrected chi connectivity index (χ3v) is 2.40. The zero-order valence-electron chi connectivity index (χ0n) is 8.33. The molecule has 0 aliphatic carbocycles. The summed E-state index contributed by atoms with van der Waals surface area (Å²) < 4.78 is 6.67. The van der Waals surface area contributed by atoms with Crippen molar-refractivity contribution in [2.75, 3.05) is 5.73 Å². The van der Waals surface area contributed by atoms with Gasteiger partial charge in [-0.25, -0.2) is 4.79 Å². The van der Waals surface area contributed by atoms with E-state index >= 15 is 0 Å². The lowest BCUT2D eigenvalue weighted by Gasteiger charge is -2.16. The lowest BCUT2D eigenvalue weighted by molar-refractivity contribution is -0.0347. The van der Waals surface area contributed by atoms with Crippen molar-refractivity contribution in [3.8, 4) is 0 Å². The van der Waals surface area contributed by atoms with Crippen LogP contribution in [0.5, 0.6) is 0 Å². The maximum Gasteiger partial charge on any atom is 0.351 e. The highest BCUT2D eigenvalue weighted by atomic mass is 16.5. The van der Waals surface area contributed by atoms with Crippen LogP contribution in [-0.2, 0) is 4.74 Å². The van der Waals surface area contributed by atoms with Crippen molar-refractivity contribution >= 4 is 5.82 Å². The lowest BCUT2D eigenvalue weighted by Crippen LogP contribution is -2.31. The molecule has 1 aromatic heterocycles. The molecule has 2 rings (SSSR count). The number of ether oxygens (including phenoxy) is 1. The van der Waals surface area contributed by atoms with Crippen LogP contribution in [0.3, 0.4) is 0 Å². The highest BCUT2D eigenvalue weighted by Gasteiger charge is 2.33. The Morgan fingerprint density at radius 1 is 1.73 bits per heavy atom. The number of hydrogen-bond acceptors (Lipinski definition) is 5. The fraction of sp³-hybridized carbons (Fsp3) is 0.556. The Morgan fingerprint density at radius 3 is 3.00 bits per heavy atom. The molecule has 3 atom stereocenters. The maximum absolute atomic E-state index is 11.5. The van der Waals surface area contributed by atoms with E-state index in [0.717, 1.165) is 0 Å². The number of aliphatic hydroxyl groups is 1. The van der Waals surface area contributed by atoms with Crippen LogP contribution < -0.4 is 11.4 Å². The molecular weight excluding hydrogens is 198 g/mol. The first-order valence-corrected chi connectivity index (χ1v) is 4.76. The van der Waals surface area contributed by atoms with Crippen molar-refractivity contribution in [1.82, 2.24) is 9.55 Å². The second kappa shape index (κ2) is 3.63. The lowest BCUT2D eigenvalue weighted by atomic mass is 10.2. The van der Waals surface area contributed by atoms with Crippen molar-refractivity contribution in [2.45, 2.75) is 31.8 Å². The summed E-state index contributed by atoms with van der Waals surface area (Å²) >= 11 is 0. The molecule has 0 radical (unpaired) electrons. The number of hydrogen-bond donors (Lipinski definition) is 2. The monoisotopic (exact) mass is 211 g/mol. The Bertz CT molecular complexity index is 417. The number of rotatable bonds is 1. The molecule has 0 saturated carbocycles. The summed E-state index contributed by atoms with van der Waals surface area (Å²) in [7, 11) is 0. The van der Waals surface area contributed by atoms with Crippen LogP contribution in [0.1, 0.15) is 19.6 Å². The standard InChI is InChI=1S/C9H13N3O3/c1-5-4-6(13)8(15-5)12-3-2-7(10)11-9(12)14/h2-3,5-6,8,13H,4H2,1H3,(H2,10,11,14). The SMILES string of the molecule is CC1CC(O)C(n2ccc(N)nc2=O)O1. The van der Waals surface area contributed by atoms with E-state index in [1.54, 1.807) is 0 Å². The fourth-order valence-corrected chi connectivity index (χ4v) is 1.71. The van der Waals surface area contributed by atoms with Crippen molar-refractivity contribution in [3.63, 3.8) is 0 Å². The zero-order valence-corrected chi connectivity index (χ0v) is 8.33. The molecule has 2 heterocycles. The maximum atomic E-state index is 11.5. The summed E-state index contributed by atoms with van der Waals surface area (Å²) in [6.07, 6.45) is 0.608. The number of nitrogens with zero attached hydrogens (tertiary/aromatic N) is 2. The topological polar surface area (TPSA) is 90.4 Å². The molecule has 1 aromatic rings. The van der Waals surface area contributed by atoms with Crippen molar-refractivity contribution in [2.24, 2.45) is 0 Å². The molecule has 1 fully saturated rings. The first-order valence-electron chi connectivity index (χ1n) is 4.76. The molecule has 6 nitrogen and oxygen atoms in total. The number of aliphatic hydroxyl groups excluding tert-OH is 1. The minimum atomic E-state index is -0.678. The van der Waals surface area contributed by atoms with Gasteiger partial charge in [-0.15, -0.1) is 0 Å². The highest BCUT2D eigenvalue weighted by Crippen LogP contribution is 2.27. The van der Waals surface area contributed by atoms with E-state index < -0.39 is 18.0 Å². The van der Waals surface area contributed by atoms with Gasteiger partial charge in [-0.05, 0) is 13.0 Å². The molecule has 0 bridgehead atoms. The van der Waals surface area contributed by atoms with E-state index in [9.17, 15) is 9.90 Å². The van der Waals surface area contributed by atoms with Crippen LogP contribution in [0.2, 0.25) is 0 Å². The highest BCUT2D eigenvalue weighted by molar-refractivity contribution is 5.23. The van der Waals surface area contributed by atoms with E-state index in [4.69, 9.17) is 10.5 Å². The van der Waals surface area contributed by atoms with Gasteiger partial charge in [0.05, 0.1) is 6.10 Å². The van der Waals surface area contributed by atoms with Gasteiger partial charge in [-0.2, -0.15) is 4.98 Å². The first-order chi connectivity index (χ1) is 7.08. The smallest absolute Gasteiger partial charge is 0.351 e. The number of anilines is 1. The average molecular weight is 211 g/mol. The van der Waals surface area contributed by atoms with Crippen LogP contribution in [-0.4, -0.2) is 26.9 Å². The normalized spacial score (nSPS) is 30.7. The molecule has 1 aliphatic rings. The third-order valence-electron chi connectivity index (χ3n) is 2.40. The van der Waals surface area contributed by atoms with E-state index in [2.05, 4.69) is 4.98 Å². The summed E-state index contributed by atoms with van der Waals surface area (Å²) in [5.74, 6) is 0.164. The summed E-state index contributed by atoms with van der Waals surface area (Å²) in [4.78, 5) is 15.0. The number of aromatic nitrogens is 2. The Morgan fingerprint density at radius 2 is 2.47 bits per heavy atom. The summed E-state index contributed by atoms with van der Waals surface area (Å²) in [5.41, 5.74) is 4.85. The molecule has 15 heavy (non-hydrogen) atoms. The van der Waals surface area contributed by atoms with Gasteiger partial charge >= 0.3 is 5.69 Å². The minimum Gasteiger partial charge on any atom is -0.388 e. The van der Waals surface area contributed by atoms with Gasteiger partial charge < -0.3 is 15.6 Å². The molecule has 6 heteroatoms. The average Bonchev–Trinajstić information content (AvgIpc) is 2.45. The summed E-state index contributed by atoms with van der Waals surface area (Å²) in [6.45, 7) is 1.85. The van der Waals surface area contributed by atoms with Crippen molar-refractivity contribution in [1.29, 1.82) is 0 Å². The van der Waals surface area contributed by atoms with Gasteiger partial charge in [0.2, 0.25) is 0 Å². The van der Waals surface area contributed by atoms with Gasteiger partial charge in [-0.1, -0.05) is 0 Å². The van der Waals surface area contributed by atoms with E-state index in [0.29, 0.717) is 6.42 Å². The first kappa shape index (κ1) is 10.1. The quantitative estimate of drug-likeness (QED) is 0.653. The van der Waals surface area contributed by atoms with Gasteiger partial charge in [0.25, 0.3) is 0 Å². The Kier molecular flexibility index (Phi) is 2.45. The largest absolute Gasteiger partial charge is 0.388 e. The van der Waals surface area contributed by atoms with Crippen LogP contribution >= 0.6 is 0 Å². The molecule has 82 valence electrons. The molecule has 0 aromatic carbocycles. The number of nitrogens with two attached hydrogens (primary N) is 1. The van der Waals surface area contributed by atoms with Crippen molar-refractivity contribution in [3.05, 3.63) is 22.7 Å². The van der Waals surface area contributed by atoms with Gasteiger partial charge in [0.1, 0.15) is 11.9 Å². The summed E-state index contributed by atoms with van der Waals surface area (Å²) in [5, 5.41) is 9.66. The third kappa shape index (κ3) is 1.86. The van der Waals surface area contributed by atoms with Gasteiger partial charge in [-0.3, -0.25) is 4.57 Å². The van der Waals surface area contributed by atoms with Crippen molar-refractivity contribution < 1.29 is 9.84 Å². The molecule has 1 saturated heterocycles. The van der Waals surface area contributed by atoms with Crippen LogP contribution in [0, 0.1) is 0 Å². The fourth-order valence-electron chi connectivity index (χ4n) is 1.71. The Labute approximate surface area is 86.3 Å². The van der Waals surface area contributed by atoms with Crippen LogP contribution in [0.25, 0.3) is 0 Å².